The molecule has 1 aromatic rings. The van der Waals surface area contributed by atoms with Crippen LogP contribution in [-0.4, -0.2) is 67.7 Å². The molecule has 1 saturated carbocycles. The first kappa shape index (κ1) is 19.1. The molecular formula is C18H28N4O3S. The average molecular weight is 381 g/mol. The number of rotatable bonds is 5. The number of anilines is 1. The van der Waals surface area contributed by atoms with Crippen LogP contribution in [-0.2, 0) is 14.6 Å². The van der Waals surface area contributed by atoms with Gasteiger partial charge < -0.3 is 10.2 Å². The van der Waals surface area contributed by atoms with Crippen molar-refractivity contribution in [2.24, 2.45) is 0 Å². The van der Waals surface area contributed by atoms with Crippen molar-refractivity contribution in [2.75, 3.05) is 37.6 Å². The van der Waals surface area contributed by atoms with Gasteiger partial charge in [-0.05, 0) is 45.7 Å². The Balaban J connectivity index is 1.55. The van der Waals surface area contributed by atoms with Crippen molar-refractivity contribution in [3.05, 3.63) is 18.3 Å². The lowest BCUT2D eigenvalue weighted by Crippen LogP contribution is -2.49. The molecule has 0 aromatic carbocycles. The van der Waals surface area contributed by atoms with Crippen LogP contribution in [0.15, 0.2) is 23.4 Å². The van der Waals surface area contributed by atoms with Gasteiger partial charge in [0.15, 0.2) is 14.9 Å². The Morgan fingerprint density at radius 3 is 2.35 bits per heavy atom. The molecule has 2 heterocycles. The summed E-state index contributed by atoms with van der Waals surface area (Å²) in [4.78, 5) is 20.4. The highest BCUT2D eigenvalue weighted by atomic mass is 32.2. The monoisotopic (exact) mass is 380 g/mol. The third kappa shape index (κ3) is 4.35. The first-order chi connectivity index (χ1) is 12.2. The second-order valence-electron chi connectivity index (χ2n) is 8.08. The van der Waals surface area contributed by atoms with Crippen LogP contribution in [0.4, 0.5) is 5.69 Å². The summed E-state index contributed by atoms with van der Waals surface area (Å²) >= 11 is 0. The van der Waals surface area contributed by atoms with Gasteiger partial charge in [-0.3, -0.25) is 9.69 Å². The normalized spacial score (nSPS) is 19.4. The number of amides is 1. The van der Waals surface area contributed by atoms with Gasteiger partial charge in [0.2, 0.25) is 5.91 Å². The van der Waals surface area contributed by atoms with E-state index >= 15 is 0 Å². The van der Waals surface area contributed by atoms with E-state index in [0.717, 1.165) is 44.7 Å². The lowest BCUT2D eigenvalue weighted by molar-refractivity contribution is -0.122. The molecule has 0 radical (unpaired) electrons. The molecule has 1 amide bonds. The van der Waals surface area contributed by atoms with Gasteiger partial charge in [-0.2, -0.15) is 0 Å². The minimum atomic E-state index is -3.43. The molecule has 144 valence electrons. The standard InChI is InChI=1S/C18H28N4O3S/c1-18(2,3)26(24,25)17-7-6-15(12-19-17)22-10-8-21(9-11-22)13-16(23)20-14-4-5-14/h6-7,12,14H,4-5,8-11,13H2,1-3H3,(H,20,23). The maximum atomic E-state index is 12.4. The summed E-state index contributed by atoms with van der Waals surface area (Å²) in [7, 11) is -3.43. The second kappa shape index (κ2) is 7.15. The van der Waals surface area contributed by atoms with Crippen molar-refractivity contribution < 1.29 is 13.2 Å². The van der Waals surface area contributed by atoms with Crippen LogP contribution < -0.4 is 10.2 Å². The number of piperazine rings is 1. The smallest absolute Gasteiger partial charge is 0.234 e. The minimum Gasteiger partial charge on any atom is -0.368 e. The van der Waals surface area contributed by atoms with E-state index in [4.69, 9.17) is 0 Å². The Bertz CT molecular complexity index is 744. The van der Waals surface area contributed by atoms with E-state index in [1.54, 1.807) is 33.0 Å². The maximum Gasteiger partial charge on any atom is 0.234 e. The van der Waals surface area contributed by atoms with E-state index in [1.807, 2.05) is 6.07 Å². The molecule has 1 N–H and O–H groups in total. The van der Waals surface area contributed by atoms with Crippen LogP contribution in [0.1, 0.15) is 33.6 Å². The highest BCUT2D eigenvalue weighted by Gasteiger charge is 2.32. The predicted octanol–water partition coefficient (Wildman–Crippen LogP) is 1.05. The van der Waals surface area contributed by atoms with Crippen LogP contribution >= 0.6 is 0 Å². The average Bonchev–Trinajstić information content (AvgIpc) is 3.38. The molecule has 1 aromatic heterocycles. The molecule has 3 rings (SSSR count). The van der Waals surface area contributed by atoms with Crippen LogP contribution in [0.3, 0.4) is 0 Å². The summed E-state index contributed by atoms with van der Waals surface area (Å²) in [6.45, 7) is 8.68. The number of aromatic nitrogens is 1. The number of nitrogens with zero attached hydrogens (tertiary/aromatic N) is 3. The SMILES string of the molecule is CC(C)(C)S(=O)(=O)c1ccc(N2CCN(CC(=O)NC3CC3)CC2)cn1. The van der Waals surface area contributed by atoms with Crippen molar-refractivity contribution in [2.45, 2.75) is 49.4 Å². The van der Waals surface area contributed by atoms with Gasteiger partial charge >= 0.3 is 0 Å². The Hall–Kier alpha value is -1.67. The molecule has 0 unspecified atom stereocenters. The Morgan fingerprint density at radius 2 is 1.85 bits per heavy atom. The topological polar surface area (TPSA) is 82.6 Å². The molecule has 0 bridgehead atoms. The molecule has 1 aliphatic heterocycles. The predicted molar refractivity (Wildman–Crippen MR) is 101 cm³/mol. The lowest BCUT2D eigenvalue weighted by Gasteiger charge is -2.35. The number of carbonyl (C=O) groups excluding carboxylic acids is 1. The van der Waals surface area contributed by atoms with Crippen molar-refractivity contribution >= 4 is 21.4 Å². The van der Waals surface area contributed by atoms with Crippen molar-refractivity contribution in [1.82, 2.24) is 15.2 Å². The van der Waals surface area contributed by atoms with Crippen molar-refractivity contribution in [3.8, 4) is 0 Å². The number of sulfone groups is 1. The number of pyridine rings is 1. The molecule has 2 aliphatic rings. The van der Waals surface area contributed by atoms with E-state index in [1.165, 1.54) is 0 Å². The third-order valence-corrected chi connectivity index (χ3v) is 7.25. The van der Waals surface area contributed by atoms with Gasteiger partial charge in [-0.25, -0.2) is 13.4 Å². The Kier molecular flexibility index (Phi) is 5.25. The summed E-state index contributed by atoms with van der Waals surface area (Å²) in [6, 6.07) is 3.81. The largest absolute Gasteiger partial charge is 0.368 e. The van der Waals surface area contributed by atoms with Gasteiger partial charge in [0, 0.05) is 32.2 Å². The quantitative estimate of drug-likeness (QED) is 0.822. The van der Waals surface area contributed by atoms with E-state index in [0.29, 0.717) is 12.6 Å². The number of carbonyl (C=O) groups is 1. The summed E-state index contributed by atoms with van der Waals surface area (Å²) in [5.74, 6) is 0.111. The molecule has 0 atom stereocenters. The summed E-state index contributed by atoms with van der Waals surface area (Å²) in [5, 5.41) is 3.13. The molecule has 2 fully saturated rings. The maximum absolute atomic E-state index is 12.4. The fraction of sp³-hybridized carbons (Fsp3) is 0.667. The van der Waals surface area contributed by atoms with E-state index in [2.05, 4.69) is 20.1 Å². The fourth-order valence-electron chi connectivity index (χ4n) is 2.90. The highest BCUT2D eigenvalue weighted by Crippen LogP contribution is 2.25. The Labute approximate surface area is 155 Å². The minimum absolute atomic E-state index is 0.111. The van der Waals surface area contributed by atoms with Crippen LogP contribution in [0.25, 0.3) is 0 Å². The van der Waals surface area contributed by atoms with Gasteiger partial charge in [0.05, 0.1) is 23.2 Å². The molecule has 1 saturated heterocycles. The first-order valence-corrected chi connectivity index (χ1v) is 10.6. The van der Waals surface area contributed by atoms with Crippen LogP contribution in [0, 0.1) is 0 Å². The zero-order valence-electron chi connectivity index (χ0n) is 15.7. The van der Waals surface area contributed by atoms with Crippen LogP contribution in [0.2, 0.25) is 0 Å². The van der Waals surface area contributed by atoms with E-state index in [-0.39, 0.29) is 10.9 Å². The molecule has 1 aliphatic carbocycles. The molecule has 8 heteroatoms. The number of hydrogen-bond acceptors (Lipinski definition) is 6. The summed E-state index contributed by atoms with van der Waals surface area (Å²) in [5.41, 5.74) is 0.917. The molecule has 7 nitrogen and oxygen atoms in total. The lowest BCUT2D eigenvalue weighted by atomic mass is 10.2. The zero-order chi connectivity index (χ0) is 18.9. The summed E-state index contributed by atoms with van der Waals surface area (Å²) in [6.07, 6.45) is 3.84. The van der Waals surface area contributed by atoms with Gasteiger partial charge in [-0.1, -0.05) is 0 Å². The first-order valence-electron chi connectivity index (χ1n) is 9.14. The van der Waals surface area contributed by atoms with Crippen LogP contribution in [0.5, 0.6) is 0 Å². The van der Waals surface area contributed by atoms with Gasteiger partial charge in [0.1, 0.15) is 0 Å². The number of hydrogen-bond donors (Lipinski definition) is 1. The second-order valence-corrected chi connectivity index (χ2v) is 10.7. The number of nitrogens with one attached hydrogen (secondary N) is 1. The third-order valence-electron chi connectivity index (χ3n) is 4.85. The zero-order valence-corrected chi connectivity index (χ0v) is 16.6. The summed E-state index contributed by atoms with van der Waals surface area (Å²) < 4.78 is 24.0. The molecule has 26 heavy (non-hydrogen) atoms. The fourth-order valence-corrected chi connectivity index (χ4v) is 3.97. The Morgan fingerprint density at radius 1 is 1.19 bits per heavy atom. The van der Waals surface area contributed by atoms with E-state index < -0.39 is 14.6 Å². The molecular weight excluding hydrogens is 352 g/mol. The van der Waals surface area contributed by atoms with Gasteiger partial charge in [-0.15, -0.1) is 0 Å². The van der Waals surface area contributed by atoms with Crippen molar-refractivity contribution in [3.63, 3.8) is 0 Å². The van der Waals surface area contributed by atoms with Crippen molar-refractivity contribution in [1.29, 1.82) is 0 Å². The highest BCUT2D eigenvalue weighted by molar-refractivity contribution is 7.92. The van der Waals surface area contributed by atoms with Gasteiger partial charge in [0.25, 0.3) is 0 Å². The van der Waals surface area contributed by atoms with E-state index in [9.17, 15) is 13.2 Å². The molecule has 0 spiro atoms.